The number of H-pyrrole nitrogens is 6. The predicted molar refractivity (Wildman–Crippen MR) is 152 cm³/mol. The number of rotatable bonds is 0. The zero-order chi connectivity index (χ0) is 30.9. The van der Waals surface area contributed by atoms with Crippen LogP contribution in [0.5, 0.6) is 0 Å². The van der Waals surface area contributed by atoms with Crippen LogP contribution < -0.4 is 0 Å². The molecule has 0 atom stereocenters. The van der Waals surface area contributed by atoms with Crippen LogP contribution >= 0.6 is 0 Å². The molecule has 239 valence electrons. The van der Waals surface area contributed by atoms with Gasteiger partial charge in [-0.15, -0.1) is 0 Å². The standard InChI is InChI=1S/2C5H8N2.4C4H6N2.2Cu.2FH/c2*1-4-3-5(2)7-6-4;4*1-4-2-3-5-6-4;;;;/h2*3H,1-2H3,(H,6,7);4*2-3H,1H3,(H,5,6);;;2*1H/q;;;;;;+1;+2;;/p-2. The van der Waals surface area contributed by atoms with Gasteiger partial charge in [0.05, 0.1) is 11.4 Å². The molecular formula is C26H40Cu2F2N12+. The van der Waals surface area contributed by atoms with E-state index >= 15 is 0 Å². The normalized spacial score (nSPS) is 8.71. The van der Waals surface area contributed by atoms with E-state index in [0.717, 1.165) is 45.6 Å². The number of hydrogen-bond donors (Lipinski definition) is 6. The van der Waals surface area contributed by atoms with Gasteiger partial charge in [0.2, 0.25) is 0 Å². The van der Waals surface area contributed by atoms with Crippen molar-refractivity contribution < 1.29 is 40.0 Å². The Balaban J connectivity index is 0. The van der Waals surface area contributed by atoms with Crippen LogP contribution in [0.1, 0.15) is 45.6 Å². The molecule has 0 aliphatic heterocycles. The van der Waals surface area contributed by atoms with Gasteiger partial charge < -0.3 is 0 Å². The van der Waals surface area contributed by atoms with Gasteiger partial charge in [-0.1, -0.05) is 0 Å². The van der Waals surface area contributed by atoms with E-state index in [1.165, 1.54) is 0 Å². The molecule has 0 saturated heterocycles. The third-order valence-corrected chi connectivity index (χ3v) is 4.23. The molecule has 0 aromatic carbocycles. The minimum absolute atomic E-state index is 0. The van der Waals surface area contributed by atoms with Crippen molar-refractivity contribution in [2.45, 2.75) is 55.4 Å². The van der Waals surface area contributed by atoms with Gasteiger partial charge in [0, 0.05) is 59.0 Å². The molecule has 6 aromatic rings. The summed E-state index contributed by atoms with van der Waals surface area (Å²) in [6, 6.07) is 11.7. The molecule has 0 bridgehead atoms. The van der Waals surface area contributed by atoms with E-state index in [0.29, 0.717) is 0 Å². The monoisotopic (exact) mass is 684 g/mol. The Morgan fingerprint density at radius 1 is 0.452 bits per heavy atom. The molecule has 0 unspecified atom stereocenters. The van der Waals surface area contributed by atoms with Gasteiger partial charge in [0.1, 0.15) is 0 Å². The first-order chi connectivity index (χ1) is 19.6. The maximum atomic E-state index is 9.53. The molecular weight excluding hydrogens is 645 g/mol. The molecule has 0 spiro atoms. The summed E-state index contributed by atoms with van der Waals surface area (Å²) in [5, 5.41) is 39.2. The van der Waals surface area contributed by atoms with Crippen LogP contribution in [-0.2, 0) is 32.9 Å². The fourth-order valence-electron chi connectivity index (χ4n) is 2.41. The number of hydrogen-bond acceptors (Lipinski definition) is 6. The molecule has 0 radical (unpaired) electrons. The topological polar surface area (TPSA) is 172 Å². The first kappa shape index (κ1) is 40.3. The summed E-state index contributed by atoms with van der Waals surface area (Å²) in [5.41, 5.74) is 8.78. The Hall–Kier alpha value is -3.84. The molecule has 0 aliphatic carbocycles. The summed E-state index contributed by atoms with van der Waals surface area (Å²) in [5.74, 6) is 0. The van der Waals surface area contributed by atoms with E-state index in [4.69, 9.17) is 0 Å². The Bertz CT molecular complexity index is 1120. The SMILES string of the molecule is Cc1cc(C)[nH]n1.Cc1cc(C)[nH]n1.Cc1ccn[nH]1.Cc1ccn[nH]1.Cc1ccn[nH]1.Cc1ccn[nH]1.[Cu+].[F][Cu][F]. The van der Waals surface area contributed by atoms with Crippen molar-refractivity contribution in [3.63, 3.8) is 0 Å². The number of aromatic nitrogens is 12. The molecule has 16 heteroatoms. The molecule has 0 fully saturated rings. The minimum atomic E-state index is -1.19. The van der Waals surface area contributed by atoms with E-state index in [9.17, 15) is 7.10 Å². The van der Waals surface area contributed by atoms with Crippen molar-refractivity contribution >= 4 is 0 Å². The summed E-state index contributed by atoms with van der Waals surface area (Å²) in [6.45, 7) is 15.8. The Morgan fingerprint density at radius 2 is 0.690 bits per heavy atom. The molecule has 0 saturated carbocycles. The van der Waals surface area contributed by atoms with Crippen LogP contribution in [0.15, 0.2) is 61.2 Å². The molecule has 42 heavy (non-hydrogen) atoms. The predicted octanol–water partition coefficient (Wildman–Crippen LogP) is 5.76. The Morgan fingerprint density at radius 3 is 0.738 bits per heavy atom. The van der Waals surface area contributed by atoms with Crippen LogP contribution in [0.4, 0.5) is 7.10 Å². The Labute approximate surface area is 262 Å². The van der Waals surface area contributed by atoms with E-state index in [-0.39, 0.29) is 17.1 Å². The first-order valence-electron chi connectivity index (χ1n) is 12.2. The summed E-state index contributed by atoms with van der Waals surface area (Å²) in [6.07, 6.45) is 6.93. The van der Waals surface area contributed by atoms with Gasteiger partial charge in [0.25, 0.3) is 0 Å². The summed E-state index contributed by atoms with van der Waals surface area (Å²) >= 11 is -1.19. The van der Waals surface area contributed by atoms with Crippen LogP contribution in [0, 0.1) is 55.4 Å². The van der Waals surface area contributed by atoms with Crippen molar-refractivity contribution in [1.29, 1.82) is 0 Å². The summed E-state index contributed by atoms with van der Waals surface area (Å²) in [4.78, 5) is 0. The second-order valence-electron chi connectivity index (χ2n) is 8.39. The fraction of sp³-hybridized carbons (Fsp3) is 0.308. The summed E-state index contributed by atoms with van der Waals surface area (Å²) < 4.78 is 19.1. The third-order valence-electron chi connectivity index (χ3n) is 4.23. The van der Waals surface area contributed by atoms with Crippen LogP contribution in [-0.4, -0.2) is 61.2 Å². The zero-order valence-electron chi connectivity index (χ0n) is 24.8. The van der Waals surface area contributed by atoms with E-state index in [1.807, 2.05) is 91.8 Å². The number of aryl methyl sites for hydroxylation is 8. The summed E-state index contributed by atoms with van der Waals surface area (Å²) in [7, 11) is 0. The van der Waals surface area contributed by atoms with Gasteiger partial charge in [0.15, 0.2) is 0 Å². The van der Waals surface area contributed by atoms with Crippen LogP contribution in [0.3, 0.4) is 0 Å². The third kappa shape index (κ3) is 25.1. The van der Waals surface area contributed by atoms with E-state index in [2.05, 4.69) is 61.2 Å². The molecule has 0 amide bonds. The fourth-order valence-corrected chi connectivity index (χ4v) is 2.41. The molecule has 6 rings (SSSR count). The van der Waals surface area contributed by atoms with Crippen molar-refractivity contribution in [1.82, 2.24) is 61.2 Å². The molecule has 0 aliphatic rings. The van der Waals surface area contributed by atoms with Crippen LogP contribution in [0.25, 0.3) is 0 Å². The quantitative estimate of drug-likeness (QED) is 0.111. The maximum absolute atomic E-state index is 9.53. The second kappa shape index (κ2) is 26.1. The number of aromatic amines is 6. The Kier molecular flexibility index (Phi) is 25.0. The van der Waals surface area contributed by atoms with Crippen molar-refractivity contribution in [2.24, 2.45) is 0 Å². The average Bonchev–Trinajstić information content (AvgIpc) is 3.75. The average molecular weight is 686 g/mol. The first-order valence-corrected chi connectivity index (χ1v) is 12.9. The number of nitrogens with one attached hydrogen (secondary N) is 6. The van der Waals surface area contributed by atoms with Crippen LogP contribution in [0.2, 0.25) is 0 Å². The number of nitrogens with zero attached hydrogens (tertiary/aromatic N) is 6. The number of halogens is 2. The van der Waals surface area contributed by atoms with Crippen molar-refractivity contribution in [3.05, 3.63) is 107 Å². The van der Waals surface area contributed by atoms with Gasteiger partial charge in [-0.25, -0.2) is 0 Å². The van der Waals surface area contributed by atoms with Crippen molar-refractivity contribution in [3.8, 4) is 0 Å². The van der Waals surface area contributed by atoms with Crippen molar-refractivity contribution in [2.75, 3.05) is 0 Å². The van der Waals surface area contributed by atoms with Gasteiger partial charge in [-0.3, -0.25) is 30.6 Å². The van der Waals surface area contributed by atoms with Gasteiger partial charge >= 0.3 is 40.0 Å². The van der Waals surface area contributed by atoms with Gasteiger partial charge in [-0.05, 0) is 91.8 Å². The second-order valence-corrected chi connectivity index (χ2v) is 8.52. The molecule has 12 nitrogen and oxygen atoms in total. The zero-order valence-corrected chi connectivity index (χ0v) is 26.7. The van der Waals surface area contributed by atoms with E-state index in [1.54, 1.807) is 24.8 Å². The van der Waals surface area contributed by atoms with E-state index < -0.39 is 15.9 Å². The molecule has 6 heterocycles. The molecule has 6 aromatic heterocycles. The van der Waals surface area contributed by atoms with Gasteiger partial charge in [-0.2, -0.15) is 30.6 Å². The molecule has 6 N–H and O–H groups in total.